The predicted molar refractivity (Wildman–Crippen MR) is 105 cm³/mol. The van der Waals surface area contributed by atoms with Crippen LogP contribution in [0.5, 0.6) is 0 Å². The van der Waals surface area contributed by atoms with E-state index in [1.165, 1.54) is 24.3 Å². The van der Waals surface area contributed by atoms with Crippen LogP contribution < -0.4 is 0 Å². The van der Waals surface area contributed by atoms with Crippen molar-refractivity contribution in [3.8, 4) is 23.0 Å². The van der Waals surface area contributed by atoms with Crippen LogP contribution in [0.2, 0.25) is 0 Å². The van der Waals surface area contributed by atoms with Gasteiger partial charge in [-0.2, -0.15) is 4.98 Å². The van der Waals surface area contributed by atoms with E-state index in [-0.39, 0.29) is 40.6 Å². The normalized spacial score (nSPS) is 11.7. The number of aromatic nitrogens is 2. The van der Waals surface area contributed by atoms with Crippen LogP contribution in [0.3, 0.4) is 0 Å². The van der Waals surface area contributed by atoms with E-state index in [1.54, 1.807) is 18.2 Å². The van der Waals surface area contributed by atoms with Crippen molar-refractivity contribution in [2.45, 2.75) is 18.4 Å². The highest BCUT2D eigenvalue weighted by atomic mass is 32.2. The molecule has 2 aromatic heterocycles. The molecule has 2 aromatic carbocycles. The van der Waals surface area contributed by atoms with E-state index in [9.17, 15) is 12.8 Å². The summed E-state index contributed by atoms with van der Waals surface area (Å²) >= 11 is 0. The van der Waals surface area contributed by atoms with Gasteiger partial charge < -0.3 is 8.94 Å². The maximum atomic E-state index is 13.0. The number of benzene rings is 2. The summed E-state index contributed by atoms with van der Waals surface area (Å²) in [6.45, 7) is 1.92. The number of hydrogen-bond donors (Lipinski definition) is 0. The van der Waals surface area contributed by atoms with Crippen molar-refractivity contribution in [1.82, 2.24) is 10.1 Å². The summed E-state index contributed by atoms with van der Waals surface area (Å²) in [5, 5.41) is 3.85. The summed E-state index contributed by atoms with van der Waals surface area (Å²) < 4.78 is 48.8. The highest BCUT2D eigenvalue weighted by molar-refractivity contribution is 7.89. The molecule has 8 heteroatoms. The van der Waals surface area contributed by atoms with Crippen molar-refractivity contribution < 1.29 is 21.7 Å². The minimum atomic E-state index is -3.41. The first kappa shape index (κ1) is 19.1. The summed E-state index contributed by atoms with van der Waals surface area (Å²) in [4.78, 5) is 4.22. The number of rotatable bonds is 6. The third kappa shape index (κ3) is 4.60. The van der Waals surface area contributed by atoms with Gasteiger partial charge in [-0.3, -0.25) is 0 Å². The summed E-state index contributed by atoms with van der Waals surface area (Å²) in [6.07, 6.45) is 0. The third-order valence-electron chi connectivity index (χ3n) is 4.23. The number of sulfone groups is 1. The van der Waals surface area contributed by atoms with Crippen LogP contribution in [-0.4, -0.2) is 18.6 Å². The zero-order chi connectivity index (χ0) is 20.4. The molecule has 0 amide bonds. The Labute approximate surface area is 166 Å². The summed E-state index contributed by atoms with van der Waals surface area (Å²) in [5.41, 5.74) is 2.33. The van der Waals surface area contributed by atoms with Gasteiger partial charge in [-0.1, -0.05) is 35.0 Å². The first-order valence-electron chi connectivity index (χ1n) is 8.83. The van der Waals surface area contributed by atoms with Gasteiger partial charge in [-0.05, 0) is 48.9 Å². The summed E-state index contributed by atoms with van der Waals surface area (Å²) in [6, 6.07) is 16.2. The highest BCUT2D eigenvalue weighted by Gasteiger charge is 2.19. The lowest BCUT2D eigenvalue weighted by molar-refractivity contribution is 0.413. The zero-order valence-electron chi connectivity index (χ0n) is 15.5. The minimum absolute atomic E-state index is 0.0695. The second kappa shape index (κ2) is 7.63. The van der Waals surface area contributed by atoms with Gasteiger partial charge in [0.2, 0.25) is 5.82 Å². The lowest BCUT2D eigenvalue weighted by Gasteiger charge is -2.04. The topological polar surface area (TPSA) is 86.2 Å². The number of halogens is 1. The molecule has 4 rings (SSSR count). The van der Waals surface area contributed by atoms with Crippen LogP contribution in [0.1, 0.15) is 16.9 Å². The van der Waals surface area contributed by atoms with Crippen LogP contribution in [0, 0.1) is 12.7 Å². The molecule has 0 aliphatic heterocycles. The fraction of sp³-hybridized carbons (Fsp3) is 0.143. The average molecular weight is 412 g/mol. The van der Waals surface area contributed by atoms with Crippen molar-refractivity contribution in [2.75, 3.05) is 0 Å². The minimum Gasteiger partial charge on any atom is -0.455 e. The van der Waals surface area contributed by atoms with Gasteiger partial charge >= 0.3 is 0 Å². The average Bonchev–Trinajstić information content (AvgIpc) is 3.31. The highest BCUT2D eigenvalue weighted by Crippen LogP contribution is 2.25. The van der Waals surface area contributed by atoms with Gasteiger partial charge in [-0.15, -0.1) is 0 Å². The molecule has 0 fully saturated rings. The Hall–Kier alpha value is -3.26. The van der Waals surface area contributed by atoms with Crippen molar-refractivity contribution in [1.29, 1.82) is 0 Å². The Bertz CT molecular complexity index is 1240. The molecule has 0 atom stereocenters. The van der Waals surface area contributed by atoms with Crippen LogP contribution in [0.25, 0.3) is 23.0 Å². The van der Waals surface area contributed by atoms with Crippen LogP contribution >= 0.6 is 0 Å². The Kier molecular flexibility index (Phi) is 5.02. The molecule has 0 saturated carbocycles. The van der Waals surface area contributed by atoms with E-state index in [0.717, 1.165) is 11.1 Å². The molecule has 0 N–H and O–H groups in total. The Morgan fingerprint density at radius 2 is 1.79 bits per heavy atom. The van der Waals surface area contributed by atoms with E-state index in [4.69, 9.17) is 8.94 Å². The van der Waals surface area contributed by atoms with E-state index in [2.05, 4.69) is 10.1 Å². The van der Waals surface area contributed by atoms with Crippen molar-refractivity contribution in [3.05, 3.63) is 83.4 Å². The number of hydrogen-bond acceptors (Lipinski definition) is 6. The molecule has 0 spiro atoms. The standard InChI is InChI=1S/C21H17FN2O4S/c1-14-3-2-4-15(11-14)12-29(25,26)13-18-9-10-19(27-18)21-23-20(24-28-21)16-5-7-17(22)8-6-16/h2-11H,12-13H2,1H3. The molecule has 0 radical (unpaired) electrons. The number of nitrogens with zero attached hydrogens (tertiary/aromatic N) is 2. The van der Waals surface area contributed by atoms with Crippen LogP contribution in [-0.2, 0) is 21.3 Å². The maximum absolute atomic E-state index is 13.0. The van der Waals surface area contributed by atoms with E-state index in [1.807, 2.05) is 25.1 Å². The molecule has 29 heavy (non-hydrogen) atoms. The lowest BCUT2D eigenvalue weighted by atomic mass is 10.2. The molecule has 0 unspecified atom stereocenters. The fourth-order valence-electron chi connectivity index (χ4n) is 2.93. The maximum Gasteiger partial charge on any atom is 0.293 e. The van der Waals surface area contributed by atoms with Crippen molar-refractivity contribution in [2.24, 2.45) is 0 Å². The molecule has 0 saturated heterocycles. The number of furan rings is 1. The number of aryl methyl sites for hydroxylation is 1. The smallest absolute Gasteiger partial charge is 0.293 e. The third-order valence-corrected chi connectivity index (χ3v) is 5.73. The molecule has 0 aliphatic carbocycles. The van der Waals surface area contributed by atoms with Crippen LogP contribution in [0.15, 0.2) is 69.6 Å². The first-order valence-corrected chi connectivity index (χ1v) is 10.6. The molecule has 2 heterocycles. The van der Waals surface area contributed by atoms with Crippen molar-refractivity contribution >= 4 is 9.84 Å². The van der Waals surface area contributed by atoms with E-state index in [0.29, 0.717) is 5.56 Å². The van der Waals surface area contributed by atoms with Gasteiger partial charge in [0.1, 0.15) is 17.3 Å². The largest absolute Gasteiger partial charge is 0.455 e. The Morgan fingerprint density at radius 1 is 1.00 bits per heavy atom. The summed E-state index contributed by atoms with van der Waals surface area (Å²) in [7, 11) is -3.41. The quantitative estimate of drug-likeness (QED) is 0.461. The van der Waals surface area contributed by atoms with E-state index >= 15 is 0 Å². The van der Waals surface area contributed by atoms with Gasteiger partial charge in [-0.25, -0.2) is 12.8 Å². The SMILES string of the molecule is Cc1cccc(CS(=O)(=O)Cc2ccc(-c3nc(-c4ccc(F)cc4)no3)o2)c1. The fourth-order valence-corrected chi connectivity index (χ4v) is 4.31. The Morgan fingerprint density at radius 3 is 2.55 bits per heavy atom. The second-order valence-corrected chi connectivity index (χ2v) is 8.78. The molecule has 0 aliphatic rings. The monoisotopic (exact) mass is 412 g/mol. The lowest BCUT2D eigenvalue weighted by Crippen LogP contribution is -2.07. The zero-order valence-corrected chi connectivity index (χ0v) is 16.3. The van der Waals surface area contributed by atoms with E-state index < -0.39 is 9.84 Å². The molecule has 0 bridgehead atoms. The van der Waals surface area contributed by atoms with Gasteiger partial charge in [0.15, 0.2) is 15.6 Å². The van der Waals surface area contributed by atoms with Crippen molar-refractivity contribution in [3.63, 3.8) is 0 Å². The predicted octanol–water partition coefficient (Wildman–Crippen LogP) is 4.56. The first-order chi connectivity index (χ1) is 13.9. The molecular formula is C21H17FN2O4S. The second-order valence-electron chi connectivity index (χ2n) is 6.72. The molecule has 6 nitrogen and oxygen atoms in total. The molecule has 4 aromatic rings. The Balaban J connectivity index is 1.49. The van der Waals surface area contributed by atoms with Crippen LogP contribution in [0.4, 0.5) is 4.39 Å². The summed E-state index contributed by atoms with van der Waals surface area (Å²) in [5.74, 6) is 0.289. The molecular weight excluding hydrogens is 395 g/mol. The van der Waals surface area contributed by atoms with Gasteiger partial charge in [0.25, 0.3) is 5.89 Å². The van der Waals surface area contributed by atoms with Gasteiger partial charge in [0.05, 0.1) is 5.75 Å². The van der Waals surface area contributed by atoms with Gasteiger partial charge in [0, 0.05) is 5.56 Å². The molecule has 148 valence electrons.